The molecule has 10 heteroatoms. The zero-order valence-electron chi connectivity index (χ0n) is 19.1. The van der Waals surface area contributed by atoms with Gasteiger partial charge in [-0.2, -0.15) is 15.4 Å². The van der Waals surface area contributed by atoms with Gasteiger partial charge >= 0.3 is 0 Å². The van der Waals surface area contributed by atoms with Crippen LogP contribution in [0.2, 0.25) is 0 Å². The Morgan fingerprint density at radius 1 is 0.889 bits per heavy atom. The first-order valence-electron chi connectivity index (χ1n) is 11.4. The number of rotatable bonds is 5. The Bertz CT molecular complexity index is 1680. The van der Waals surface area contributed by atoms with Crippen molar-refractivity contribution < 1.29 is 13.2 Å². The maximum absolute atomic E-state index is 13.7. The van der Waals surface area contributed by atoms with Crippen LogP contribution in [0, 0.1) is 0 Å². The van der Waals surface area contributed by atoms with Crippen LogP contribution in [0.5, 0.6) is 0 Å². The minimum atomic E-state index is -3.90. The Morgan fingerprint density at radius 2 is 1.72 bits per heavy atom. The number of nitrogens with zero attached hydrogens (tertiary/aromatic N) is 4. The van der Waals surface area contributed by atoms with Crippen LogP contribution in [0.25, 0.3) is 11.0 Å². The number of amides is 1. The van der Waals surface area contributed by atoms with Crippen LogP contribution < -0.4 is 4.72 Å². The highest BCUT2D eigenvalue weighted by Crippen LogP contribution is 2.33. The molecule has 5 aromatic rings. The quantitative estimate of drug-likeness (QED) is 0.383. The van der Waals surface area contributed by atoms with E-state index < -0.39 is 10.0 Å². The summed E-state index contributed by atoms with van der Waals surface area (Å²) < 4.78 is 30.8. The van der Waals surface area contributed by atoms with E-state index in [1.54, 1.807) is 30.3 Å². The standard InChI is InChI=1S/C26H22N6O3S/c33-26(32-15-14-31-13-5-10-24(31)25(32)18-6-2-1-3-7-18)19-8-4-9-20(16-19)29-36(34,35)21-11-12-22-23(17-21)28-30-27-22/h1-13,16-17,25,29H,14-15H2,(H,27,28,30). The van der Waals surface area contributed by atoms with Gasteiger partial charge in [-0.3, -0.25) is 9.52 Å². The number of aromatic nitrogens is 4. The van der Waals surface area contributed by atoms with Crippen LogP contribution in [-0.2, 0) is 16.6 Å². The van der Waals surface area contributed by atoms with E-state index in [1.165, 1.54) is 12.1 Å². The molecule has 0 fully saturated rings. The SMILES string of the molecule is O=C(c1cccc(NS(=O)(=O)c2ccc3n[nH]nc3c2)c1)N1CCn2cccc2C1c1ccccc1. The van der Waals surface area contributed by atoms with Crippen molar-refractivity contribution in [2.24, 2.45) is 0 Å². The summed E-state index contributed by atoms with van der Waals surface area (Å²) in [6.07, 6.45) is 2.03. The Labute approximate surface area is 207 Å². The highest BCUT2D eigenvalue weighted by molar-refractivity contribution is 7.92. The average molecular weight is 499 g/mol. The molecule has 0 aliphatic carbocycles. The van der Waals surface area contributed by atoms with Crippen LogP contribution in [0.3, 0.4) is 0 Å². The Kier molecular flexibility index (Phi) is 5.30. The minimum Gasteiger partial charge on any atom is -0.348 e. The van der Waals surface area contributed by atoms with Gasteiger partial charge in [0, 0.05) is 36.2 Å². The number of hydrogen-bond donors (Lipinski definition) is 2. The summed E-state index contributed by atoms with van der Waals surface area (Å²) in [5, 5.41) is 10.4. The summed E-state index contributed by atoms with van der Waals surface area (Å²) in [7, 11) is -3.90. The molecule has 9 nitrogen and oxygen atoms in total. The van der Waals surface area contributed by atoms with E-state index in [0.29, 0.717) is 35.4 Å². The van der Waals surface area contributed by atoms with E-state index >= 15 is 0 Å². The molecule has 0 bridgehead atoms. The van der Waals surface area contributed by atoms with Gasteiger partial charge in [-0.05, 0) is 54.1 Å². The first kappa shape index (κ1) is 22.1. The summed E-state index contributed by atoms with van der Waals surface area (Å²) in [5.74, 6) is -0.165. The number of sulfonamides is 1. The Morgan fingerprint density at radius 3 is 2.58 bits per heavy atom. The predicted molar refractivity (Wildman–Crippen MR) is 135 cm³/mol. The lowest BCUT2D eigenvalue weighted by atomic mass is 9.99. The Hall–Kier alpha value is -4.44. The molecule has 0 saturated heterocycles. The Balaban J connectivity index is 1.30. The summed E-state index contributed by atoms with van der Waals surface area (Å²) >= 11 is 0. The van der Waals surface area contributed by atoms with E-state index in [-0.39, 0.29) is 16.8 Å². The normalized spacial score (nSPS) is 15.6. The second-order valence-corrected chi connectivity index (χ2v) is 10.3. The minimum absolute atomic E-state index is 0.0570. The van der Waals surface area contributed by atoms with Gasteiger partial charge in [-0.25, -0.2) is 8.42 Å². The maximum atomic E-state index is 13.7. The molecule has 1 amide bonds. The second-order valence-electron chi connectivity index (χ2n) is 8.60. The molecule has 1 aliphatic heterocycles. The van der Waals surface area contributed by atoms with Crippen LogP contribution in [0.1, 0.15) is 27.7 Å². The lowest BCUT2D eigenvalue weighted by Crippen LogP contribution is -2.42. The largest absolute Gasteiger partial charge is 0.348 e. The smallest absolute Gasteiger partial charge is 0.261 e. The summed E-state index contributed by atoms with van der Waals surface area (Å²) in [4.78, 5) is 15.6. The number of hydrogen-bond acceptors (Lipinski definition) is 5. The third-order valence-corrected chi connectivity index (χ3v) is 7.75. The highest BCUT2D eigenvalue weighted by atomic mass is 32.2. The fraction of sp³-hybridized carbons (Fsp3) is 0.115. The van der Waals surface area contributed by atoms with Gasteiger partial charge in [0.2, 0.25) is 0 Å². The molecular weight excluding hydrogens is 476 g/mol. The van der Waals surface area contributed by atoms with Gasteiger partial charge in [-0.1, -0.05) is 36.4 Å². The second kappa shape index (κ2) is 8.65. The summed E-state index contributed by atoms with van der Waals surface area (Å²) in [6, 6.07) is 24.8. The van der Waals surface area contributed by atoms with Crippen molar-refractivity contribution in [1.82, 2.24) is 24.9 Å². The third-order valence-electron chi connectivity index (χ3n) is 6.37. The van der Waals surface area contributed by atoms with E-state index in [4.69, 9.17) is 0 Å². The first-order chi connectivity index (χ1) is 17.5. The molecule has 1 aliphatic rings. The monoisotopic (exact) mass is 498 g/mol. The number of H-pyrrole nitrogens is 1. The predicted octanol–water partition coefficient (Wildman–Crippen LogP) is 3.81. The van der Waals surface area contributed by atoms with Gasteiger partial charge in [0.05, 0.1) is 10.9 Å². The summed E-state index contributed by atoms with van der Waals surface area (Å²) in [5.41, 5.74) is 3.79. The number of anilines is 1. The molecule has 6 rings (SSSR count). The molecule has 36 heavy (non-hydrogen) atoms. The van der Waals surface area contributed by atoms with Crippen LogP contribution in [0.4, 0.5) is 5.69 Å². The van der Waals surface area contributed by atoms with Crippen LogP contribution >= 0.6 is 0 Å². The lowest BCUT2D eigenvalue weighted by Gasteiger charge is -2.37. The first-order valence-corrected chi connectivity index (χ1v) is 12.9. The molecule has 0 spiro atoms. The van der Waals surface area contributed by atoms with Gasteiger partial charge in [-0.15, -0.1) is 0 Å². The molecule has 0 saturated carbocycles. The number of carbonyl (C=O) groups is 1. The molecule has 1 atom stereocenters. The van der Waals surface area contributed by atoms with Crippen molar-refractivity contribution in [3.8, 4) is 0 Å². The van der Waals surface area contributed by atoms with Crippen molar-refractivity contribution in [1.29, 1.82) is 0 Å². The molecule has 3 heterocycles. The number of fused-ring (bicyclic) bond motifs is 2. The lowest BCUT2D eigenvalue weighted by molar-refractivity contribution is 0.0664. The number of nitrogens with one attached hydrogen (secondary N) is 2. The van der Waals surface area contributed by atoms with Crippen molar-refractivity contribution in [2.75, 3.05) is 11.3 Å². The molecule has 2 aromatic heterocycles. The maximum Gasteiger partial charge on any atom is 0.261 e. The molecule has 0 radical (unpaired) electrons. The fourth-order valence-corrected chi connectivity index (χ4v) is 5.74. The zero-order valence-corrected chi connectivity index (χ0v) is 19.9. The van der Waals surface area contributed by atoms with E-state index in [9.17, 15) is 13.2 Å². The van der Waals surface area contributed by atoms with Crippen molar-refractivity contribution in [3.63, 3.8) is 0 Å². The van der Waals surface area contributed by atoms with Gasteiger partial charge in [0.1, 0.15) is 11.0 Å². The van der Waals surface area contributed by atoms with Crippen molar-refractivity contribution in [2.45, 2.75) is 17.5 Å². The van der Waals surface area contributed by atoms with Crippen LogP contribution in [0.15, 0.2) is 96.0 Å². The fourth-order valence-electron chi connectivity index (χ4n) is 4.67. The van der Waals surface area contributed by atoms with Crippen molar-refractivity contribution >= 4 is 32.7 Å². The topological polar surface area (TPSA) is 113 Å². The number of carbonyl (C=O) groups excluding carboxylic acids is 1. The number of aromatic amines is 1. The van der Waals surface area contributed by atoms with Gasteiger partial charge in [0.25, 0.3) is 15.9 Å². The van der Waals surface area contributed by atoms with E-state index in [1.807, 2.05) is 53.6 Å². The molecule has 180 valence electrons. The molecule has 2 N–H and O–H groups in total. The third kappa shape index (κ3) is 3.91. The van der Waals surface area contributed by atoms with Gasteiger partial charge in [0.15, 0.2) is 0 Å². The van der Waals surface area contributed by atoms with E-state index in [0.717, 1.165) is 11.3 Å². The highest BCUT2D eigenvalue weighted by Gasteiger charge is 2.32. The molecule has 1 unspecified atom stereocenters. The molecule has 3 aromatic carbocycles. The van der Waals surface area contributed by atoms with Crippen LogP contribution in [-0.4, -0.2) is 45.7 Å². The molecular formula is C26H22N6O3S. The van der Waals surface area contributed by atoms with Gasteiger partial charge < -0.3 is 9.47 Å². The van der Waals surface area contributed by atoms with Crippen molar-refractivity contribution in [3.05, 3.63) is 108 Å². The number of benzene rings is 3. The zero-order chi connectivity index (χ0) is 24.7. The average Bonchev–Trinajstić information content (AvgIpc) is 3.57. The summed E-state index contributed by atoms with van der Waals surface area (Å²) in [6.45, 7) is 1.22. The van der Waals surface area contributed by atoms with E-state index in [2.05, 4.69) is 24.7 Å².